The van der Waals surface area contributed by atoms with Gasteiger partial charge in [-0.1, -0.05) is 30.3 Å². The summed E-state index contributed by atoms with van der Waals surface area (Å²) in [6, 6.07) is 9.69. The van der Waals surface area contributed by atoms with Gasteiger partial charge in [0.1, 0.15) is 6.04 Å². The molecular weight excluding hydrogens is 292 g/mol. The van der Waals surface area contributed by atoms with Gasteiger partial charge in [-0.2, -0.15) is 0 Å². The molecule has 2 aliphatic rings. The number of aliphatic carboxylic acids is 1. The number of benzene rings is 1. The molecule has 23 heavy (non-hydrogen) atoms. The molecule has 0 radical (unpaired) electrons. The van der Waals surface area contributed by atoms with Crippen LogP contribution in [0.1, 0.15) is 44.2 Å². The smallest absolute Gasteiger partial charge is 0.320 e. The normalized spacial score (nSPS) is 20.1. The Kier molecular flexibility index (Phi) is 4.66. The Morgan fingerprint density at radius 2 is 1.87 bits per heavy atom. The number of hydrogen-bond acceptors (Lipinski definition) is 3. The first-order chi connectivity index (χ1) is 11.1. The van der Waals surface area contributed by atoms with Gasteiger partial charge in [0, 0.05) is 6.04 Å². The minimum atomic E-state index is -0.869. The van der Waals surface area contributed by atoms with Gasteiger partial charge in [0.2, 0.25) is 5.91 Å². The molecule has 2 saturated carbocycles. The fourth-order valence-electron chi connectivity index (χ4n) is 3.08. The zero-order chi connectivity index (χ0) is 16.4. The minimum absolute atomic E-state index is 0.0462. The first-order valence-corrected chi connectivity index (χ1v) is 8.39. The van der Waals surface area contributed by atoms with E-state index >= 15 is 0 Å². The highest BCUT2D eigenvalue weighted by Crippen LogP contribution is 2.41. The third-order valence-electron chi connectivity index (χ3n) is 4.77. The van der Waals surface area contributed by atoms with E-state index in [1.165, 1.54) is 0 Å². The van der Waals surface area contributed by atoms with E-state index in [9.17, 15) is 14.7 Å². The second kappa shape index (κ2) is 6.71. The monoisotopic (exact) mass is 316 g/mol. The molecule has 2 N–H and O–H groups in total. The molecule has 2 aliphatic carbocycles. The van der Waals surface area contributed by atoms with Crippen molar-refractivity contribution in [1.29, 1.82) is 0 Å². The van der Waals surface area contributed by atoms with Gasteiger partial charge >= 0.3 is 5.97 Å². The lowest BCUT2D eigenvalue weighted by atomic mass is 10.0. The maximum atomic E-state index is 12.5. The number of rotatable bonds is 8. The van der Waals surface area contributed by atoms with Gasteiger partial charge in [0.05, 0.1) is 12.6 Å². The number of carboxylic acid groups (broad SMARTS) is 1. The Bertz CT molecular complexity index is 567. The molecule has 0 aliphatic heterocycles. The van der Waals surface area contributed by atoms with Crippen molar-refractivity contribution in [2.45, 2.75) is 50.7 Å². The molecule has 0 saturated heterocycles. The number of nitrogens with zero attached hydrogens (tertiary/aromatic N) is 1. The summed E-state index contributed by atoms with van der Waals surface area (Å²) in [6.45, 7) is 1.82. The van der Waals surface area contributed by atoms with E-state index in [0.29, 0.717) is 5.92 Å². The van der Waals surface area contributed by atoms with Gasteiger partial charge in [-0.25, -0.2) is 0 Å². The van der Waals surface area contributed by atoms with Crippen molar-refractivity contribution in [3.8, 4) is 0 Å². The van der Waals surface area contributed by atoms with E-state index in [0.717, 1.165) is 31.2 Å². The number of carbonyl (C=O) groups excluding carboxylic acids is 1. The van der Waals surface area contributed by atoms with E-state index in [-0.39, 0.29) is 24.5 Å². The highest BCUT2D eigenvalue weighted by Gasteiger charge is 2.38. The molecule has 2 atom stereocenters. The van der Waals surface area contributed by atoms with Gasteiger partial charge in [0.15, 0.2) is 0 Å². The molecule has 5 heteroatoms. The molecule has 0 bridgehead atoms. The van der Waals surface area contributed by atoms with E-state index in [4.69, 9.17) is 0 Å². The Hall–Kier alpha value is -1.88. The summed E-state index contributed by atoms with van der Waals surface area (Å²) in [6.07, 6.45) is 4.24. The highest BCUT2D eigenvalue weighted by atomic mass is 16.4. The van der Waals surface area contributed by atoms with Crippen molar-refractivity contribution in [1.82, 2.24) is 10.2 Å². The zero-order valence-electron chi connectivity index (χ0n) is 13.4. The van der Waals surface area contributed by atoms with E-state index in [2.05, 4.69) is 5.32 Å². The van der Waals surface area contributed by atoms with E-state index in [1.54, 1.807) is 6.92 Å². The standard InChI is InChI=1S/C18H24N2O3/c1-12(18(22)23)20(15-9-10-15)11-16(21)19-17(14-7-8-14)13-5-3-2-4-6-13/h2-6,12,14-15,17H,7-11H2,1H3,(H,19,21)(H,22,23). The third kappa shape index (κ3) is 4.10. The van der Waals surface area contributed by atoms with Crippen LogP contribution in [0.4, 0.5) is 0 Å². The molecule has 1 aromatic carbocycles. The molecule has 1 amide bonds. The van der Waals surface area contributed by atoms with E-state index < -0.39 is 12.0 Å². The second-order valence-corrected chi connectivity index (χ2v) is 6.71. The van der Waals surface area contributed by atoms with Crippen molar-refractivity contribution in [3.05, 3.63) is 35.9 Å². The van der Waals surface area contributed by atoms with Crippen LogP contribution in [0.5, 0.6) is 0 Å². The van der Waals surface area contributed by atoms with Gasteiger partial charge < -0.3 is 10.4 Å². The van der Waals surface area contributed by atoms with Crippen LogP contribution in [0.15, 0.2) is 30.3 Å². The lowest BCUT2D eigenvalue weighted by Gasteiger charge is -2.27. The maximum absolute atomic E-state index is 12.5. The molecule has 124 valence electrons. The molecule has 2 fully saturated rings. The van der Waals surface area contributed by atoms with Crippen LogP contribution in [0, 0.1) is 5.92 Å². The van der Waals surface area contributed by atoms with Gasteiger partial charge in [-0.3, -0.25) is 14.5 Å². The zero-order valence-corrected chi connectivity index (χ0v) is 13.4. The largest absolute Gasteiger partial charge is 0.480 e. The Morgan fingerprint density at radius 3 is 2.39 bits per heavy atom. The lowest BCUT2D eigenvalue weighted by molar-refractivity contribution is -0.143. The van der Waals surface area contributed by atoms with Gasteiger partial charge in [-0.15, -0.1) is 0 Å². The average molecular weight is 316 g/mol. The van der Waals surface area contributed by atoms with Crippen LogP contribution in [-0.2, 0) is 9.59 Å². The molecule has 0 heterocycles. The first kappa shape index (κ1) is 16.0. The third-order valence-corrected chi connectivity index (χ3v) is 4.77. The average Bonchev–Trinajstić information content (AvgIpc) is 3.42. The quantitative estimate of drug-likeness (QED) is 0.771. The van der Waals surface area contributed by atoms with Crippen molar-refractivity contribution >= 4 is 11.9 Å². The fourth-order valence-corrected chi connectivity index (χ4v) is 3.08. The maximum Gasteiger partial charge on any atom is 0.320 e. The summed E-state index contributed by atoms with van der Waals surface area (Å²) in [5.41, 5.74) is 1.13. The summed E-state index contributed by atoms with van der Waals surface area (Å²) in [5.74, 6) is -0.440. The molecule has 1 aromatic rings. The minimum Gasteiger partial charge on any atom is -0.480 e. The van der Waals surface area contributed by atoms with Crippen LogP contribution in [-0.4, -0.2) is 40.5 Å². The topological polar surface area (TPSA) is 69.6 Å². The Labute approximate surface area is 136 Å². The molecular formula is C18H24N2O3. The van der Waals surface area contributed by atoms with Gasteiger partial charge in [-0.05, 0) is 44.1 Å². The van der Waals surface area contributed by atoms with Crippen LogP contribution in [0.3, 0.4) is 0 Å². The van der Waals surface area contributed by atoms with Crippen LogP contribution in [0.2, 0.25) is 0 Å². The van der Waals surface area contributed by atoms with Crippen LogP contribution < -0.4 is 5.32 Å². The second-order valence-electron chi connectivity index (χ2n) is 6.71. The van der Waals surface area contributed by atoms with E-state index in [1.807, 2.05) is 35.2 Å². The van der Waals surface area contributed by atoms with Crippen molar-refractivity contribution < 1.29 is 14.7 Å². The number of hydrogen-bond donors (Lipinski definition) is 2. The SMILES string of the molecule is CC(C(=O)O)N(CC(=O)NC(c1ccccc1)C1CC1)C1CC1. The Balaban J connectivity index is 1.63. The molecule has 5 nitrogen and oxygen atoms in total. The van der Waals surface area contributed by atoms with Crippen LogP contribution in [0.25, 0.3) is 0 Å². The summed E-state index contributed by atoms with van der Waals surface area (Å²) in [4.78, 5) is 25.5. The Morgan fingerprint density at radius 1 is 1.22 bits per heavy atom. The first-order valence-electron chi connectivity index (χ1n) is 8.39. The predicted octanol–water partition coefficient (Wildman–Crippen LogP) is 2.19. The summed E-state index contributed by atoms with van der Waals surface area (Å²) in [5, 5.41) is 12.4. The number of carboxylic acids is 1. The molecule has 2 unspecified atom stereocenters. The highest BCUT2D eigenvalue weighted by molar-refractivity contribution is 5.80. The lowest BCUT2D eigenvalue weighted by Crippen LogP contribution is -2.47. The summed E-state index contributed by atoms with van der Waals surface area (Å²) < 4.78 is 0. The van der Waals surface area contributed by atoms with Crippen molar-refractivity contribution in [2.24, 2.45) is 5.92 Å². The molecule has 3 rings (SSSR count). The number of nitrogens with one attached hydrogen (secondary N) is 1. The van der Waals surface area contributed by atoms with Crippen LogP contribution >= 0.6 is 0 Å². The molecule has 0 spiro atoms. The van der Waals surface area contributed by atoms with Gasteiger partial charge in [0.25, 0.3) is 0 Å². The number of carbonyl (C=O) groups is 2. The number of amides is 1. The summed E-state index contributed by atoms with van der Waals surface area (Å²) >= 11 is 0. The predicted molar refractivity (Wildman–Crippen MR) is 86.9 cm³/mol. The van der Waals surface area contributed by atoms with Crippen molar-refractivity contribution in [2.75, 3.05) is 6.54 Å². The van der Waals surface area contributed by atoms with Crippen molar-refractivity contribution in [3.63, 3.8) is 0 Å². The summed E-state index contributed by atoms with van der Waals surface area (Å²) in [7, 11) is 0. The fraction of sp³-hybridized carbons (Fsp3) is 0.556. The molecule has 0 aromatic heterocycles.